The van der Waals surface area contributed by atoms with Crippen LogP contribution < -0.4 is 10.5 Å². The number of nitrogens with zero attached hydrogens (tertiary/aromatic N) is 2. The third-order valence-corrected chi connectivity index (χ3v) is 6.29. The number of fused-ring (bicyclic) bond motifs is 1. The highest BCUT2D eigenvalue weighted by atomic mass is 16.5. The number of pyridine rings is 1. The molecule has 2 aromatic carbocycles. The molecule has 0 spiro atoms. The molecule has 1 aliphatic rings. The third-order valence-electron chi connectivity index (χ3n) is 6.29. The first kappa shape index (κ1) is 21.3. The van der Waals surface area contributed by atoms with Crippen LogP contribution in [0, 0.1) is 5.92 Å². The van der Waals surface area contributed by atoms with Crippen LogP contribution >= 0.6 is 0 Å². The molecular formula is C26H31N3O2. The van der Waals surface area contributed by atoms with Crippen molar-refractivity contribution in [1.29, 1.82) is 0 Å². The summed E-state index contributed by atoms with van der Waals surface area (Å²) in [7, 11) is 2.21. The van der Waals surface area contributed by atoms with E-state index in [0.29, 0.717) is 11.4 Å². The van der Waals surface area contributed by atoms with Crippen LogP contribution in [0.3, 0.4) is 0 Å². The number of primary amides is 1. The van der Waals surface area contributed by atoms with Crippen LogP contribution in [0.15, 0.2) is 54.7 Å². The number of hydrogen-bond donors (Lipinski definition) is 1. The van der Waals surface area contributed by atoms with E-state index in [-0.39, 0.29) is 0 Å². The minimum absolute atomic E-state index is 0.365. The second-order valence-electron chi connectivity index (χ2n) is 8.65. The molecule has 0 unspecified atom stereocenters. The Balaban J connectivity index is 1.47. The summed E-state index contributed by atoms with van der Waals surface area (Å²) in [4.78, 5) is 17.9. The van der Waals surface area contributed by atoms with Crippen LogP contribution in [-0.2, 0) is 6.54 Å². The van der Waals surface area contributed by atoms with Gasteiger partial charge in [0.25, 0.3) is 0 Å². The lowest BCUT2D eigenvalue weighted by Gasteiger charge is -2.25. The number of nitrogens with two attached hydrogens (primary N) is 1. The lowest BCUT2D eigenvalue weighted by Crippen LogP contribution is -2.22. The topological polar surface area (TPSA) is 68.5 Å². The Kier molecular flexibility index (Phi) is 6.82. The number of carbonyl (C=O) groups excluding carboxylic acids is 1. The van der Waals surface area contributed by atoms with Gasteiger partial charge >= 0.3 is 0 Å². The molecule has 1 saturated carbocycles. The van der Waals surface area contributed by atoms with Crippen molar-refractivity contribution in [2.75, 3.05) is 13.6 Å². The van der Waals surface area contributed by atoms with Gasteiger partial charge in [0.2, 0.25) is 11.8 Å². The Labute approximate surface area is 184 Å². The fourth-order valence-corrected chi connectivity index (χ4v) is 4.51. The van der Waals surface area contributed by atoms with E-state index in [0.717, 1.165) is 30.1 Å². The molecular weight excluding hydrogens is 386 g/mol. The predicted octanol–water partition coefficient (Wildman–Crippen LogP) is 5.53. The standard InChI is InChI=1S/C26H31N3O2/c1-29(16-15-19-7-3-2-4-8-19)18-21-11-13-24(23-10-6-5-9-22(21)23)31-25-14-12-20(17-28-25)26(27)30/h5-6,9-14,17,19H,2-4,7-8,15-16,18H2,1H3,(H2,27,30). The maximum atomic E-state index is 11.2. The monoisotopic (exact) mass is 417 g/mol. The summed E-state index contributed by atoms with van der Waals surface area (Å²) >= 11 is 0. The first-order chi connectivity index (χ1) is 15.1. The second-order valence-corrected chi connectivity index (χ2v) is 8.65. The van der Waals surface area contributed by atoms with Gasteiger partial charge in [-0.2, -0.15) is 0 Å². The lowest BCUT2D eigenvalue weighted by atomic mass is 9.87. The summed E-state index contributed by atoms with van der Waals surface area (Å²) in [5, 5.41) is 2.25. The number of rotatable bonds is 8. The molecule has 4 rings (SSSR count). The Morgan fingerprint density at radius 3 is 2.55 bits per heavy atom. The zero-order valence-electron chi connectivity index (χ0n) is 18.2. The normalized spacial score (nSPS) is 14.8. The molecule has 5 heteroatoms. The SMILES string of the molecule is CN(CCC1CCCCC1)Cc1ccc(Oc2ccc(C(N)=O)cn2)c2ccccc12. The van der Waals surface area contributed by atoms with Crippen LogP contribution in [-0.4, -0.2) is 29.4 Å². The summed E-state index contributed by atoms with van der Waals surface area (Å²) < 4.78 is 6.04. The number of carbonyl (C=O) groups is 1. The Morgan fingerprint density at radius 1 is 1.06 bits per heavy atom. The molecule has 1 heterocycles. The van der Waals surface area contributed by atoms with E-state index >= 15 is 0 Å². The molecule has 3 aromatic rings. The molecule has 1 fully saturated rings. The first-order valence-corrected chi connectivity index (χ1v) is 11.2. The van der Waals surface area contributed by atoms with E-state index in [9.17, 15) is 4.79 Å². The Morgan fingerprint density at radius 2 is 1.84 bits per heavy atom. The highest BCUT2D eigenvalue weighted by Crippen LogP contribution is 2.32. The van der Waals surface area contributed by atoms with Gasteiger partial charge in [-0.3, -0.25) is 4.79 Å². The fourth-order valence-electron chi connectivity index (χ4n) is 4.51. The Bertz CT molecular complexity index is 1030. The van der Waals surface area contributed by atoms with Crippen molar-refractivity contribution in [2.24, 2.45) is 11.7 Å². The van der Waals surface area contributed by atoms with Crippen molar-refractivity contribution < 1.29 is 9.53 Å². The average Bonchev–Trinajstić information content (AvgIpc) is 2.80. The van der Waals surface area contributed by atoms with E-state index in [2.05, 4.69) is 41.2 Å². The van der Waals surface area contributed by atoms with Crippen LogP contribution in [0.4, 0.5) is 0 Å². The molecule has 1 amide bonds. The summed E-state index contributed by atoms with van der Waals surface area (Å²) in [6, 6.07) is 15.8. The molecule has 1 aromatic heterocycles. The predicted molar refractivity (Wildman–Crippen MR) is 124 cm³/mol. The number of hydrogen-bond acceptors (Lipinski definition) is 4. The summed E-state index contributed by atoms with van der Waals surface area (Å²) in [6.07, 6.45) is 9.76. The van der Waals surface area contributed by atoms with Crippen LogP contribution in [0.25, 0.3) is 10.8 Å². The minimum Gasteiger partial charge on any atom is -0.438 e. The van der Waals surface area contributed by atoms with E-state index in [1.165, 1.54) is 55.7 Å². The molecule has 5 nitrogen and oxygen atoms in total. The number of benzene rings is 2. The summed E-state index contributed by atoms with van der Waals surface area (Å²) in [5.74, 6) is 1.59. The van der Waals surface area contributed by atoms with Gasteiger partial charge in [0.15, 0.2) is 0 Å². The zero-order chi connectivity index (χ0) is 21.6. The van der Waals surface area contributed by atoms with Crippen LogP contribution in [0.5, 0.6) is 11.6 Å². The fraction of sp³-hybridized carbons (Fsp3) is 0.385. The Hall–Kier alpha value is -2.92. The average molecular weight is 418 g/mol. The highest BCUT2D eigenvalue weighted by molar-refractivity contribution is 5.92. The van der Waals surface area contributed by atoms with Gasteiger partial charge in [-0.15, -0.1) is 0 Å². The molecule has 0 aliphatic heterocycles. The molecule has 31 heavy (non-hydrogen) atoms. The van der Waals surface area contributed by atoms with Gasteiger partial charge in [-0.25, -0.2) is 4.98 Å². The van der Waals surface area contributed by atoms with Crippen molar-refractivity contribution in [3.63, 3.8) is 0 Å². The van der Waals surface area contributed by atoms with Gasteiger partial charge in [0, 0.05) is 24.2 Å². The van der Waals surface area contributed by atoms with Crippen molar-refractivity contribution >= 4 is 16.7 Å². The second kappa shape index (κ2) is 9.92. The molecule has 0 radical (unpaired) electrons. The smallest absolute Gasteiger partial charge is 0.250 e. The van der Waals surface area contributed by atoms with E-state index in [1.807, 2.05) is 12.1 Å². The van der Waals surface area contributed by atoms with E-state index < -0.39 is 5.91 Å². The first-order valence-electron chi connectivity index (χ1n) is 11.2. The number of ether oxygens (including phenoxy) is 1. The molecule has 1 aliphatic carbocycles. The van der Waals surface area contributed by atoms with Crippen molar-refractivity contribution in [1.82, 2.24) is 9.88 Å². The maximum Gasteiger partial charge on any atom is 0.250 e. The van der Waals surface area contributed by atoms with Gasteiger partial charge in [-0.05, 0) is 49.0 Å². The molecule has 0 saturated heterocycles. The third kappa shape index (κ3) is 5.42. The summed E-state index contributed by atoms with van der Waals surface area (Å²) in [6.45, 7) is 2.05. The lowest BCUT2D eigenvalue weighted by molar-refractivity contribution is 0.1000. The van der Waals surface area contributed by atoms with E-state index in [4.69, 9.17) is 10.5 Å². The van der Waals surface area contributed by atoms with Gasteiger partial charge in [0.05, 0.1) is 5.56 Å². The molecule has 2 N–H and O–H groups in total. The highest BCUT2D eigenvalue weighted by Gasteiger charge is 2.15. The minimum atomic E-state index is -0.499. The van der Waals surface area contributed by atoms with E-state index in [1.54, 1.807) is 12.1 Å². The number of amides is 1. The zero-order valence-corrected chi connectivity index (χ0v) is 18.2. The molecule has 0 bridgehead atoms. The van der Waals surface area contributed by atoms with Crippen molar-refractivity contribution in [2.45, 2.75) is 45.1 Å². The van der Waals surface area contributed by atoms with Crippen molar-refractivity contribution in [3.05, 3.63) is 65.9 Å². The van der Waals surface area contributed by atoms with Gasteiger partial charge in [-0.1, -0.05) is 62.4 Å². The quantitative estimate of drug-likeness (QED) is 0.523. The van der Waals surface area contributed by atoms with Crippen molar-refractivity contribution in [3.8, 4) is 11.6 Å². The van der Waals surface area contributed by atoms with Gasteiger partial charge in [0.1, 0.15) is 5.75 Å². The maximum absolute atomic E-state index is 11.2. The number of aromatic nitrogens is 1. The van der Waals surface area contributed by atoms with Gasteiger partial charge < -0.3 is 15.4 Å². The largest absolute Gasteiger partial charge is 0.438 e. The van der Waals surface area contributed by atoms with Crippen LogP contribution in [0.1, 0.15) is 54.4 Å². The van der Waals surface area contributed by atoms with Crippen LogP contribution in [0.2, 0.25) is 0 Å². The molecule has 162 valence electrons. The summed E-state index contributed by atoms with van der Waals surface area (Å²) in [5.41, 5.74) is 6.95. The molecule has 0 atom stereocenters.